The molecular weight excluding hydrogens is 255 g/mol. The van der Waals surface area contributed by atoms with Gasteiger partial charge in [-0.2, -0.15) is 0 Å². The van der Waals surface area contributed by atoms with Crippen LogP contribution >= 0.6 is 23.2 Å². The SMILES string of the molecule is CC1CN(c2ccc(Cl)c(Cl)c2)C(C)CN1C. The van der Waals surface area contributed by atoms with Gasteiger partial charge in [0.05, 0.1) is 10.0 Å². The maximum absolute atomic E-state index is 6.08. The van der Waals surface area contributed by atoms with Crippen molar-refractivity contribution in [1.82, 2.24) is 4.90 Å². The van der Waals surface area contributed by atoms with E-state index >= 15 is 0 Å². The fraction of sp³-hybridized carbons (Fsp3) is 0.538. The maximum atomic E-state index is 6.08. The average Bonchev–Trinajstić information content (AvgIpc) is 2.27. The second-order valence-corrected chi connectivity index (χ2v) is 5.70. The van der Waals surface area contributed by atoms with E-state index in [1.807, 2.05) is 18.2 Å². The highest BCUT2D eigenvalue weighted by Crippen LogP contribution is 2.29. The fourth-order valence-electron chi connectivity index (χ4n) is 2.32. The molecule has 1 aromatic carbocycles. The lowest BCUT2D eigenvalue weighted by Crippen LogP contribution is -2.55. The van der Waals surface area contributed by atoms with E-state index in [1.165, 1.54) is 0 Å². The Kier molecular flexibility index (Phi) is 3.86. The van der Waals surface area contributed by atoms with Gasteiger partial charge in [0.2, 0.25) is 0 Å². The molecule has 0 amide bonds. The van der Waals surface area contributed by atoms with Gasteiger partial charge in [0.1, 0.15) is 0 Å². The van der Waals surface area contributed by atoms with Crippen molar-refractivity contribution >= 4 is 28.9 Å². The van der Waals surface area contributed by atoms with Gasteiger partial charge < -0.3 is 4.90 Å². The first-order valence-electron chi connectivity index (χ1n) is 5.91. The van der Waals surface area contributed by atoms with E-state index in [1.54, 1.807) is 0 Å². The van der Waals surface area contributed by atoms with Gasteiger partial charge in [-0.15, -0.1) is 0 Å². The zero-order valence-corrected chi connectivity index (χ0v) is 12.0. The number of piperazine rings is 1. The normalized spacial score (nSPS) is 26.3. The third-order valence-corrected chi connectivity index (χ3v) is 4.27. The van der Waals surface area contributed by atoms with E-state index in [-0.39, 0.29) is 0 Å². The number of hydrogen-bond donors (Lipinski definition) is 0. The summed E-state index contributed by atoms with van der Waals surface area (Å²) in [7, 11) is 2.17. The molecule has 2 rings (SSSR count). The van der Waals surface area contributed by atoms with Crippen LogP contribution in [0.5, 0.6) is 0 Å². The van der Waals surface area contributed by atoms with Crippen molar-refractivity contribution in [2.45, 2.75) is 25.9 Å². The number of likely N-dealkylation sites (N-methyl/N-ethyl adjacent to an activating group) is 1. The summed E-state index contributed by atoms with van der Waals surface area (Å²) in [5.41, 5.74) is 1.16. The van der Waals surface area contributed by atoms with Crippen LogP contribution in [0.2, 0.25) is 10.0 Å². The highest BCUT2D eigenvalue weighted by atomic mass is 35.5. The molecule has 1 heterocycles. The molecule has 1 aromatic rings. The first-order chi connectivity index (χ1) is 7.99. The Morgan fingerprint density at radius 1 is 1.06 bits per heavy atom. The molecule has 2 unspecified atom stereocenters. The van der Waals surface area contributed by atoms with Crippen LogP contribution in [0.25, 0.3) is 0 Å². The number of halogens is 2. The van der Waals surface area contributed by atoms with Crippen LogP contribution in [0.1, 0.15) is 13.8 Å². The second kappa shape index (κ2) is 5.05. The molecule has 0 aliphatic carbocycles. The average molecular weight is 273 g/mol. The number of hydrogen-bond acceptors (Lipinski definition) is 2. The number of anilines is 1. The van der Waals surface area contributed by atoms with Crippen molar-refractivity contribution in [3.63, 3.8) is 0 Å². The van der Waals surface area contributed by atoms with Crippen molar-refractivity contribution in [2.75, 3.05) is 25.0 Å². The molecule has 4 heteroatoms. The van der Waals surface area contributed by atoms with Gasteiger partial charge in [-0.3, -0.25) is 4.90 Å². The molecule has 1 aliphatic rings. The summed E-state index contributed by atoms with van der Waals surface area (Å²) in [6.07, 6.45) is 0. The Morgan fingerprint density at radius 2 is 1.76 bits per heavy atom. The summed E-state index contributed by atoms with van der Waals surface area (Å²) in [5, 5.41) is 1.24. The van der Waals surface area contributed by atoms with Gasteiger partial charge in [0, 0.05) is 30.9 Å². The molecule has 0 N–H and O–H groups in total. The van der Waals surface area contributed by atoms with Gasteiger partial charge in [0.25, 0.3) is 0 Å². The molecule has 1 saturated heterocycles. The highest BCUT2D eigenvalue weighted by molar-refractivity contribution is 6.42. The first-order valence-corrected chi connectivity index (χ1v) is 6.66. The molecule has 0 aromatic heterocycles. The van der Waals surface area contributed by atoms with Gasteiger partial charge >= 0.3 is 0 Å². The molecule has 0 bridgehead atoms. The standard InChI is InChI=1S/C13H18Cl2N2/c1-9-8-17(10(2)7-16(9)3)11-4-5-12(14)13(15)6-11/h4-6,9-10H,7-8H2,1-3H3. The molecule has 2 nitrogen and oxygen atoms in total. The Labute approximate surface area is 113 Å². The Bertz CT molecular complexity index is 408. The summed E-state index contributed by atoms with van der Waals surface area (Å²) >= 11 is 12.0. The van der Waals surface area contributed by atoms with Gasteiger partial charge in [-0.25, -0.2) is 0 Å². The van der Waals surface area contributed by atoms with Crippen molar-refractivity contribution < 1.29 is 0 Å². The molecule has 0 spiro atoms. The largest absolute Gasteiger partial charge is 0.366 e. The van der Waals surface area contributed by atoms with E-state index < -0.39 is 0 Å². The molecule has 1 aliphatic heterocycles. The number of rotatable bonds is 1. The van der Waals surface area contributed by atoms with E-state index in [0.717, 1.165) is 18.8 Å². The van der Waals surface area contributed by atoms with Gasteiger partial charge in [-0.1, -0.05) is 23.2 Å². The zero-order valence-electron chi connectivity index (χ0n) is 10.5. The monoisotopic (exact) mass is 272 g/mol. The molecule has 94 valence electrons. The maximum Gasteiger partial charge on any atom is 0.0612 e. The van der Waals surface area contributed by atoms with E-state index in [2.05, 4.69) is 30.7 Å². The van der Waals surface area contributed by atoms with Crippen LogP contribution in [-0.2, 0) is 0 Å². The predicted molar refractivity (Wildman–Crippen MR) is 75.4 cm³/mol. The summed E-state index contributed by atoms with van der Waals surface area (Å²) in [6.45, 7) is 6.58. The first kappa shape index (κ1) is 13.0. The van der Waals surface area contributed by atoms with Gasteiger partial charge in [0.15, 0.2) is 0 Å². The second-order valence-electron chi connectivity index (χ2n) is 4.89. The number of benzene rings is 1. The van der Waals surface area contributed by atoms with Crippen molar-refractivity contribution in [3.8, 4) is 0 Å². The highest BCUT2D eigenvalue weighted by Gasteiger charge is 2.26. The third kappa shape index (κ3) is 2.70. The van der Waals surface area contributed by atoms with E-state index in [4.69, 9.17) is 23.2 Å². The minimum atomic E-state index is 0.494. The summed E-state index contributed by atoms with van der Waals surface area (Å²) < 4.78 is 0. The topological polar surface area (TPSA) is 6.48 Å². The summed E-state index contributed by atoms with van der Waals surface area (Å²) in [6, 6.07) is 6.92. The lowest BCUT2D eigenvalue weighted by molar-refractivity contribution is 0.206. The van der Waals surface area contributed by atoms with E-state index in [9.17, 15) is 0 Å². The van der Waals surface area contributed by atoms with Crippen molar-refractivity contribution in [3.05, 3.63) is 28.2 Å². The Hall–Kier alpha value is -0.440. The van der Waals surface area contributed by atoms with Crippen LogP contribution in [0.4, 0.5) is 5.69 Å². The third-order valence-electron chi connectivity index (χ3n) is 3.53. The minimum Gasteiger partial charge on any atom is -0.366 e. The Balaban J connectivity index is 2.23. The number of nitrogens with zero attached hydrogens (tertiary/aromatic N) is 2. The smallest absolute Gasteiger partial charge is 0.0612 e. The summed E-state index contributed by atoms with van der Waals surface area (Å²) in [4.78, 5) is 4.78. The lowest BCUT2D eigenvalue weighted by atomic mass is 10.1. The van der Waals surface area contributed by atoms with Crippen LogP contribution in [-0.4, -0.2) is 37.1 Å². The quantitative estimate of drug-likeness (QED) is 0.772. The van der Waals surface area contributed by atoms with Crippen LogP contribution < -0.4 is 4.90 Å². The molecule has 1 fully saturated rings. The van der Waals surface area contributed by atoms with E-state index in [0.29, 0.717) is 22.1 Å². The molecule has 0 radical (unpaired) electrons. The molecule has 0 saturated carbocycles. The minimum absolute atomic E-state index is 0.494. The fourth-order valence-corrected chi connectivity index (χ4v) is 2.62. The van der Waals surface area contributed by atoms with Crippen LogP contribution in [0.3, 0.4) is 0 Å². The molecule has 17 heavy (non-hydrogen) atoms. The molecular formula is C13H18Cl2N2. The predicted octanol–water partition coefficient (Wildman–Crippen LogP) is 3.52. The van der Waals surface area contributed by atoms with Crippen molar-refractivity contribution in [1.29, 1.82) is 0 Å². The summed E-state index contributed by atoms with van der Waals surface area (Å²) in [5.74, 6) is 0. The van der Waals surface area contributed by atoms with Crippen LogP contribution in [0.15, 0.2) is 18.2 Å². The molecule has 2 atom stereocenters. The van der Waals surface area contributed by atoms with Gasteiger partial charge in [-0.05, 0) is 39.1 Å². The zero-order chi connectivity index (χ0) is 12.6. The lowest BCUT2D eigenvalue weighted by Gasteiger charge is -2.43. The van der Waals surface area contributed by atoms with Crippen LogP contribution in [0, 0.1) is 0 Å². The van der Waals surface area contributed by atoms with Crippen molar-refractivity contribution in [2.24, 2.45) is 0 Å². The Morgan fingerprint density at radius 3 is 2.41 bits per heavy atom.